The Balaban J connectivity index is 1.57. The first kappa shape index (κ1) is 17.9. The fraction of sp³-hybridized carbons (Fsp3) is 0.588. The summed E-state index contributed by atoms with van der Waals surface area (Å²) in [4.78, 5) is 30.0. The lowest BCUT2D eigenvalue weighted by Gasteiger charge is -2.34. The van der Waals surface area contributed by atoms with E-state index in [1.807, 2.05) is 4.90 Å². The first-order chi connectivity index (χ1) is 13.2. The molecule has 0 spiro atoms. The van der Waals surface area contributed by atoms with Crippen LogP contribution in [0.4, 0.5) is 4.79 Å². The van der Waals surface area contributed by atoms with E-state index >= 15 is 0 Å². The number of tetrazole rings is 1. The molecule has 1 saturated heterocycles. The summed E-state index contributed by atoms with van der Waals surface area (Å²) in [7, 11) is 0. The quantitative estimate of drug-likeness (QED) is 0.789. The zero-order chi connectivity index (χ0) is 18.8. The fourth-order valence-electron chi connectivity index (χ4n) is 3.65. The number of aromatic nitrogens is 4. The second kappa shape index (κ2) is 7.63. The van der Waals surface area contributed by atoms with Crippen LogP contribution in [-0.2, 0) is 17.6 Å². The summed E-state index contributed by atoms with van der Waals surface area (Å²) in [5, 5.41) is 12.2. The highest BCUT2D eigenvalue weighted by Crippen LogP contribution is 2.37. The van der Waals surface area contributed by atoms with Crippen molar-refractivity contribution in [1.82, 2.24) is 30.0 Å². The van der Waals surface area contributed by atoms with E-state index in [9.17, 15) is 9.59 Å². The molecule has 0 atom stereocenters. The SMILES string of the molecule is CCOC(=O)N1CCN(C(=O)c2c(-n3cnnn3)sc3c2CCCC3)CC1. The van der Waals surface area contributed by atoms with Crippen molar-refractivity contribution in [3.8, 4) is 5.00 Å². The van der Waals surface area contributed by atoms with Gasteiger partial charge in [-0.05, 0) is 48.6 Å². The van der Waals surface area contributed by atoms with Crippen LogP contribution in [0.15, 0.2) is 6.33 Å². The number of piperazine rings is 1. The Kier molecular flexibility index (Phi) is 5.06. The van der Waals surface area contributed by atoms with Gasteiger partial charge in [0.25, 0.3) is 5.91 Å². The Bertz CT molecular complexity index is 826. The van der Waals surface area contributed by atoms with Crippen LogP contribution in [0.5, 0.6) is 0 Å². The Morgan fingerprint density at radius 3 is 2.59 bits per heavy atom. The molecule has 3 heterocycles. The average Bonchev–Trinajstić information content (AvgIpc) is 3.35. The van der Waals surface area contributed by atoms with Gasteiger partial charge in [-0.1, -0.05) is 0 Å². The number of fused-ring (bicyclic) bond motifs is 1. The number of ether oxygens (including phenoxy) is 1. The second-order valence-electron chi connectivity index (χ2n) is 6.62. The Labute approximate surface area is 160 Å². The summed E-state index contributed by atoms with van der Waals surface area (Å²) in [5.41, 5.74) is 1.88. The van der Waals surface area contributed by atoms with Gasteiger partial charge in [0.05, 0.1) is 12.2 Å². The number of thiophene rings is 1. The second-order valence-corrected chi connectivity index (χ2v) is 7.71. The Morgan fingerprint density at radius 2 is 1.89 bits per heavy atom. The summed E-state index contributed by atoms with van der Waals surface area (Å²) in [5.74, 6) is 0.00316. The van der Waals surface area contributed by atoms with Crippen LogP contribution >= 0.6 is 11.3 Å². The van der Waals surface area contributed by atoms with E-state index in [1.165, 1.54) is 11.2 Å². The highest BCUT2D eigenvalue weighted by molar-refractivity contribution is 7.15. The van der Waals surface area contributed by atoms with Crippen molar-refractivity contribution < 1.29 is 14.3 Å². The van der Waals surface area contributed by atoms with Crippen molar-refractivity contribution in [2.75, 3.05) is 32.8 Å². The Morgan fingerprint density at radius 1 is 1.15 bits per heavy atom. The summed E-state index contributed by atoms with van der Waals surface area (Å²) in [6.07, 6.45) is 5.38. The lowest BCUT2D eigenvalue weighted by Crippen LogP contribution is -2.51. The minimum Gasteiger partial charge on any atom is -0.450 e. The van der Waals surface area contributed by atoms with Gasteiger partial charge in [0.15, 0.2) is 0 Å². The van der Waals surface area contributed by atoms with E-state index in [0.717, 1.165) is 41.8 Å². The number of hydrogen-bond acceptors (Lipinski definition) is 7. The molecule has 1 aliphatic carbocycles. The summed E-state index contributed by atoms with van der Waals surface area (Å²) in [6, 6.07) is 0. The van der Waals surface area contributed by atoms with Gasteiger partial charge in [0.1, 0.15) is 11.3 Å². The molecular formula is C17H22N6O3S. The maximum absolute atomic E-state index is 13.4. The largest absolute Gasteiger partial charge is 0.450 e. The molecule has 2 aromatic rings. The van der Waals surface area contributed by atoms with E-state index in [2.05, 4.69) is 15.5 Å². The number of carbonyl (C=O) groups is 2. The number of carbonyl (C=O) groups excluding carboxylic acids is 2. The van der Waals surface area contributed by atoms with Crippen LogP contribution < -0.4 is 0 Å². The molecule has 10 heteroatoms. The molecule has 2 aliphatic rings. The van der Waals surface area contributed by atoms with Gasteiger partial charge in [-0.25, -0.2) is 4.79 Å². The number of hydrogen-bond donors (Lipinski definition) is 0. The van der Waals surface area contributed by atoms with Crippen LogP contribution in [-0.4, -0.2) is 74.8 Å². The molecule has 27 heavy (non-hydrogen) atoms. The molecular weight excluding hydrogens is 368 g/mol. The first-order valence-corrected chi connectivity index (χ1v) is 10.1. The van der Waals surface area contributed by atoms with Crippen molar-refractivity contribution in [1.29, 1.82) is 0 Å². The lowest BCUT2D eigenvalue weighted by atomic mass is 9.95. The minimum absolute atomic E-state index is 0.00316. The molecule has 0 aromatic carbocycles. The van der Waals surface area contributed by atoms with Gasteiger partial charge in [0, 0.05) is 31.1 Å². The van der Waals surface area contributed by atoms with Gasteiger partial charge >= 0.3 is 6.09 Å². The molecule has 0 bridgehead atoms. The zero-order valence-corrected chi connectivity index (χ0v) is 16.1. The molecule has 0 saturated carbocycles. The first-order valence-electron chi connectivity index (χ1n) is 9.28. The highest BCUT2D eigenvalue weighted by atomic mass is 32.1. The van der Waals surface area contributed by atoms with E-state index in [-0.39, 0.29) is 12.0 Å². The van der Waals surface area contributed by atoms with Crippen molar-refractivity contribution in [3.63, 3.8) is 0 Å². The van der Waals surface area contributed by atoms with Crippen molar-refractivity contribution in [2.45, 2.75) is 32.6 Å². The van der Waals surface area contributed by atoms with E-state index in [4.69, 9.17) is 4.74 Å². The summed E-state index contributed by atoms with van der Waals surface area (Å²) < 4.78 is 6.64. The smallest absolute Gasteiger partial charge is 0.409 e. The maximum Gasteiger partial charge on any atom is 0.409 e. The zero-order valence-electron chi connectivity index (χ0n) is 15.3. The van der Waals surface area contributed by atoms with E-state index in [1.54, 1.807) is 27.8 Å². The molecule has 2 aromatic heterocycles. The summed E-state index contributed by atoms with van der Waals surface area (Å²) >= 11 is 1.61. The van der Waals surface area contributed by atoms with Gasteiger partial charge in [0.2, 0.25) is 0 Å². The highest BCUT2D eigenvalue weighted by Gasteiger charge is 2.32. The molecule has 2 amide bonds. The molecule has 0 unspecified atom stereocenters. The molecule has 0 radical (unpaired) electrons. The van der Waals surface area contributed by atoms with Gasteiger partial charge in [-0.15, -0.1) is 16.4 Å². The molecule has 4 rings (SSSR count). The molecule has 0 N–H and O–H groups in total. The van der Waals surface area contributed by atoms with E-state index in [0.29, 0.717) is 32.8 Å². The topological polar surface area (TPSA) is 93.5 Å². The summed E-state index contributed by atoms with van der Waals surface area (Å²) in [6.45, 7) is 4.11. The number of rotatable bonds is 3. The third kappa shape index (κ3) is 3.41. The average molecular weight is 390 g/mol. The Hall–Kier alpha value is -2.49. The third-order valence-corrected chi connectivity index (χ3v) is 6.30. The maximum atomic E-state index is 13.4. The predicted molar refractivity (Wildman–Crippen MR) is 98.2 cm³/mol. The molecule has 144 valence electrons. The molecule has 9 nitrogen and oxygen atoms in total. The third-order valence-electron chi connectivity index (χ3n) is 5.02. The fourth-order valence-corrected chi connectivity index (χ4v) is 4.95. The van der Waals surface area contributed by atoms with Gasteiger partial charge in [-0.3, -0.25) is 4.79 Å². The van der Waals surface area contributed by atoms with Gasteiger partial charge in [-0.2, -0.15) is 4.68 Å². The van der Waals surface area contributed by atoms with Crippen molar-refractivity contribution in [2.24, 2.45) is 0 Å². The van der Waals surface area contributed by atoms with Gasteiger partial charge < -0.3 is 14.5 Å². The molecule has 1 fully saturated rings. The number of aryl methyl sites for hydroxylation is 1. The monoisotopic (exact) mass is 390 g/mol. The van der Waals surface area contributed by atoms with Crippen LogP contribution in [0.1, 0.15) is 40.6 Å². The minimum atomic E-state index is -0.313. The van der Waals surface area contributed by atoms with Crippen LogP contribution in [0, 0.1) is 0 Å². The standard InChI is InChI=1S/C17H22N6O3S/c1-2-26-17(25)22-9-7-21(8-10-22)15(24)14-12-5-3-4-6-13(12)27-16(14)23-11-18-19-20-23/h11H,2-10H2,1H3. The number of nitrogens with zero attached hydrogens (tertiary/aromatic N) is 6. The number of amides is 2. The van der Waals surface area contributed by atoms with E-state index < -0.39 is 0 Å². The molecule has 1 aliphatic heterocycles. The lowest BCUT2D eigenvalue weighted by molar-refractivity contribution is 0.0569. The predicted octanol–water partition coefficient (Wildman–Crippen LogP) is 1.52. The van der Waals surface area contributed by atoms with Crippen LogP contribution in [0.3, 0.4) is 0 Å². The van der Waals surface area contributed by atoms with Crippen LogP contribution in [0.2, 0.25) is 0 Å². The van der Waals surface area contributed by atoms with Crippen molar-refractivity contribution >= 4 is 23.3 Å². The normalized spacial score (nSPS) is 16.9. The van der Waals surface area contributed by atoms with Crippen molar-refractivity contribution in [3.05, 3.63) is 22.3 Å². The van der Waals surface area contributed by atoms with Crippen LogP contribution in [0.25, 0.3) is 5.00 Å².